The van der Waals surface area contributed by atoms with Crippen LogP contribution in [0.2, 0.25) is 0 Å². The minimum absolute atomic E-state index is 0.0916. The predicted octanol–water partition coefficient (Wildman–Crippen LogP) is 3.78. The molecule has 4 aromatic rings. The van der Waals surface area contributed by atoms with Gasteiger partial charge in [0.25, 0.3) is 0 Å². The summed E-state index contributed by atoms with van der Waals surface area (Å²) in [4.78, 5) is 14.8. The fraction of sp³-hybridized carbons (Fsp3) is 0.324. The van der Waals surface area contributed by atoms with Gasteiger partial charge < -0.3 is 39.9 Å². The van der Waals surface area contributed by atoms with Gasteiger partial charge in [-0.25, -0.2) is 17.2 Å². The molecule has 2 aliphatic rings. The van der Waals surface area contributed by atoms with Gasteiger partial charge in [-0.15, -0.1) is 0 Å². The maximum Gasteiger partial charge on any atom is 0.233 e. The van der Waals surface area contributed by atoms with Gasteiger partial charge in [-0.05, 0) is 84.1 Å². The number of aliphatic hydroxyl groups is 4. The molecule has 1 unspecified atom stereocenters. The third-order valence-electron chi connectivity index (χ3n) is 9.50. The summed E-state index contributed by atoms with van der Waals surface area (Å²) in [6, 6.07) is 20.8. The van der Waals surface area contributed by atoms with E-state index in [1.165, 1.54) is 90.9 Å². The molecule has 0 spiro atoms. The average Bonchev–Trinajstić information content (AvgIpc) is 3.12. The van der Waals surface area contributed by atoms with Crippen molar-refractivity contribution < 1.29 is 57.0 Å². The van der Waals surface area contributed by atoms with Crippen LogP contribution >= 0.6 is 0 Å². The van der Waals surface area contributed by atoms with Gasteiger partial charge in [0.15, 0.2) is 16.1 Å². The second-order valence-corrected chi connectivity index (χ2v) is 14.7. The van der Waals surface area contributed by atoms with Crippen molar-refractivity contribution in [2.75, 3.05) is 17.8 Å². The van der Waals surface area contributed by atoms with Gasteiger partial charge in [-0.3, -0.25) is 4.79 Å². The normalized spacial score (nSPS) is 25.7. The number of rotatable bonds is 11. The molecule has 6 rings (SSSR count). The number of aromatic hydroxyl groups is 1. The molecule has 0 aromatic heterocycles. The molecule has 2 heterocycles. The second-order valence-electron chi connectivity index (χ2n) is 12.7. The fourth-order valence-electron chi connectivity index (χ4n) is 6.65. The van der Waals surface area contributed by atoms with Crippen molar-refractivity contribution in [3.63, 3.8) is 0 Å². The van der Waals surface area contributed by atoms with E-state index in [1.807, 2.05) is 0 Å². The number of halogens is 2. The van der Waals surface area contributed by atoms with Gasteiger partial charge in [0.2, 0.25) is 5.91 Å². The summed E-state index contributed by atoms with van der Waals surface area (Å²) in [6.45, 7) is 0. The van der Waals surface area contributed by atoms with Gasteiger partial charge in [-0.1, -0.05) is 36.4 Å². The van der Waals surface area contributed by atoms with E-state index in [2.05, 4.69) is 0 Å². The number of anilines is 1. The first-order valence-corrected chi connectivity index (χ1v) is 17.8. The SMILES string of the molecule is CO[C@@H]1OC(CS(=O)(=O)c2ccc(-c3ccc([C@@H]4[C@@H](CC[C@H](O)c5ccc(F)cc5)C(=O)N4c4ccc(F)cc4)c(O)c3)cc2)[C@H](O)[C@@H](O)[C@@H]1O. The number of methoxy groups -OCH3 is 1. The molecule has 11 nitrogen and oxygen atoms in total. The zero-order chi connectivity index (χ0) is 36.6. The molecule has 51 heavy (non-hydrogen) atoms. The van der Waals surface area contributed by atoms with Gasteiger partial charge >= 0.3 is 0 Å². The highest BCUT2D eigenvalue weighted by Gasteiger charge is 2.49. The number of carbonyl (C=O) groups excluding carboxylic acids is 1. The van der Waals surface area contributed by atoms with Gasteiger partial charge in [-0.2, -0.15) is 0 Å². The van der Waals surface area contributed by atoms with Crippen LogP contribution in [0.5, 0.6) is 5.75 Å². The van der Waals surface area contributed by atoms with Crippen molar-refractivity contribution in [1.82, 2.24) is 0 Å². The summed E-state index contributed by atoms with van der Waals surface area (Å²) < 4.78 is 63.9. The molecule has 8 atom stereocenters. The zero-order valence-electron chi connectivity index (χ0n) is 27.3. The fourth-order valence-corrected chi connectivity index (χ4v) is 8.11. The Bertz CT molecular complexity index is 1960. The summed E-state index contributed by atoms with van der Waals surface area (Å²) in [5.74, 6) is -2.67. The lowest BCUT2D eigenvalue weighted by Crippen LogP contribution is -2.59. The van der Waals surface area contributed by atoms with E-state index in [0.29, 0.717) is 27.9 Å². The largest absolute Gasteiger partial charge is 0.508 e. The predicted molar refractivity (Wildman–Crippen MR) is 180 cm³/mol. The smallest absolute Gasteiger partial charge is 0.233 e. The first-order valence-electron chi connectivity index (χ1n) is 16.2. The number of ether oxygens (including phenoxy) is 2. The van der Waals surface area contributed by atoms with Crippen LogP contribution in [0, 0.1) is 17.6 Å². The Morgan fingerprint density at radius 1 is 0.843 bits per heavy atom. The number of nitrogens with zero attached hydrogens (tertiary/aromatic N) is 1. The van der Waals surface area contributed by atoms with E-state index in [4.69, 9.17) is 9.47 Å². The highest BCUT2D eigenvalue weighted by Crippen LogP contribution is 2.49. The average molecular weight is 726 g/mol. The molecular formula is C37H37F2NO10S. The standard InChI is InChI=1S/C37H37F2NO10S/c1-49-37-35(45)34(44)33(43)31(50-37)19-51(47,48)26-13-4-20(5-14-26)22-6-15-27(30(42)18-22)32-28(16-17-29(41)21-2-7-23(38)8-3-21)36(46)40(32)25-11-9-24(39)10-12-25/h2-15,18,28-29,31-35,37,41-45H,16-17,19H2,1H3/t28-,29+,31?,32-,33+,34-,35+,37-/m1/s1. The number of benzene rings is 4. The quantitative estimate of drug-likeness (QED) is 0.143. The number of aliphatic hydroxyl groups excluding tert-OH is 4. The van der Waals surface area contributed by atoms with Gasteiger partial charge in [0.1, 0.15) is 41.8 Å². The topological polar surface area (TPSA) is 174 Å². The molecule has 0 aliphatic carbocycles. The molecule has 14 heteroatoms. The highest BCUT2D eigenvalue weighted by atomic mass is 32.2. The minimum Gasteiger partial charge on any atom is -0.508 e. The molecule has 0 bridgehead atoms. The molecule has 1 amide bonds. The lowest BCUT2D eigenvalue weighted by Gasteiger charge is -2.48. The van der Waals surface area contributed by atoms with Crippen molar-refractivity contribution in [3.8, 4) is 16.9 Å². The molecule has 2 fully saturated rings. The summed E-state index contributed by atoms with van der Waals surface area (Å²) >= 11 is 0. The Balaban J connectivity index is 1.21. The summed E-state index contributed by atoms with van der Waals surface area (Å²) in [6.07, 6.45) is -8.14. The number of phenolic OH excluding ortho intramolecular Hbond substituents is 1. The number of phenols is 1. The lowest BCUT2D eigenvalue weighted by molar-refractivity contribution is -0.285. The molecule has 0 saturated carbocycles. The Morgan fingerprint density at radius 2 is 1.45 bits per heavy atom. The van der Waals surface area contributed by atoms with E-state index in [-0.39, 0.29) is 29.4 Å². The number of sulfone groups is 1. The van der Waals surface area contributed by atoms with Gasteiger partial charge in [0.05, 0.1) is 28.7 Å². The van der Waals surface area contributed by atoms with Crippen LogP contribution < -0.4 is 4.90 Å². The third-order valence-corrected chi connectivity index (χ3v) is 11.3. The van der Waals surface area contributed by atoms with E-state index < -0.39 is 76.0 Å². The minimum atomic E-state index is -4.04. The van der Waals surface area contributed by atoms with E-state index in [9.17, 15) is 47.5 Å². The number of β-lactam (4-membered cyclic amide) rings is 1. The van der Waals surface area contributed by atoms with Crippen LogP contribution in [-0.4, -0.2) is 83.4 Å². The van der Waals surface area contributed by atoms with Crippen molar-refractivity contribution >= 4 is 21.4 Å². The molecule has 2 saturated heterocycles. The number of carbonyl (C=O) groups is 1. The molecule has 5 N–H and O–H groups in total. The third kappa shape index (κ3) is 7.39. The monoisotopic (exact) mass is 725 g/mol. The van der Waals surface area contributed by atoms with E-state index in [1.54, 1.807) is 12.1 Å². The van der Waals surface area contributed by atoms with E-state index in [0.717, 1.165) is 0 Å². The molecule has 0 radical (unpaired) electrons. The zero-order valence-corrected chi connectivity index (χ0v) is 28.1. The number of hydrogen-bond donors (Lipinski definition) is 5. The van der Waals surface area contributed by atoms with Crippen molar-refractivity contribution in [2.45, 2.75) is 60.6 Å². The molecule has 2 aliphatic heterocycles. The first kappa shape index (κ1) is 36.5. The number of hydrogen-bond acceptors (Lipinski definition) is 10. The van der Waals surface area contributed by atoms with Crippen LogP contribution in [0.1, 0.15) is 36.1 Å². The second kappa shape index (κ2) is 14.8. The molecular weight excluding hydrogens is 688 g/mol. The summed E-state index contributed by atoms with van der Waals surface area (Å²) in [5, 5.41) is 52.5. The van der Waals surface area contributed by atoms with Crippen LogP contribution in [-0.2, 0) is 24.1 Å². The Labute approximate surface area is 292 Å². The van der Waals surface area contributed by atoms with Crippen molar-refractivity contribution in [2.24, 2.45) is 5.92 Å². The van der Waals surface area contributed by atoms with Crippen LogP contribution in [0.4, 0.5) is 14.5 Å². The van der Waals surface area contributed by atoms with Gasteiger partial charge in [0, 0.05) is 18.4 Å². The Hall–Kier alpha value is -4.28. The van der Waals surface area contributed by atoms with Crippen molar-refractivity contribution in [1.29, 1.82) is 0 Å². The summed E-state index contributed by atoms with van der Waals surface area (Å²) in [5.41, 5.74) is 2.43. The summed E-state index contributed by atoms with van der Waals surface area (Å²) in [7, 11) is -2.83. The van der Waals surface area contributed by atoms with Crippen molar-refractivity contribution in [3.05, 3.63) is 114 Å². The molecule has 270 valence electrons. The lowest BCUT2D eigenvalue weighted by atomic mass is 9.77. The van der Waals surface area contributed by atoms with Crippen LogP contribution in [0.3, 0.4) is 0 Å². The Kier molecular flexibility index (Phi) is 10.6. The highest BCUT2D eigenvalue weighted by molar-refractivity contribution is 7.91. The number of amides is 1. The van der Waals surface area contributed by atoms with Crippen LogP contribution in [0.25, 0.3) is 11.1 Å². The first-order chi connectivity index (χ1) is 24.3. The Morgan fingerprint density at radius 3 is 2.06 bits per heavy atom. The maximum absolute atomic E-state index is 13.7. The maximum atomic E-state index is 13.7. The van der Waals surface area contributed by atoms with E-state index >= 15 is 0 Å². The molecule has 4 aromatic carbocycles. The van der Waals surface area contributed by atoms with Crippen LogP contribution in [0.15, 0.2) is 95.9 Å².